The quantitative estimate of drug-likeness (QED) is 0.535. The number of benzene rings is 1. The molecule has 0 N–H and O–H groups in total. The van der Waals surface area contributed by atoms with Gasteiger partial charge in [-0.05, 0) is 30.9 Å². The molecule has 0 unspecified atom stereocenters. The zero-order chi connectivity index (χ0) is 14.0. The number of rotatable bonds is 7. The van der Waals surface area contributed by atoms with Gasteiger partial charge in [0, 0.05) is 5.02 Å². The van der Waals surface area contributed by atoms with Gasteiger partial charge in [0.2, 0.25) is 0 Å². The van der Waals surface area contributed by atoms with Gasteiger partial charge in [0.25, 0.3) is 0 Å². The molecule has 1 saturated carbocycles. The number of unbranched alkanes of at least 4 members (excludes halogenated alkanes) is 2. The van der Waals surface area contributed by atoms with Gasteiger partial charge in [-0.3, -0.25) is 0 Å². The summed E-state index contributed by atoms with van der Waals surface area (Å²) in [5.41, 5.74) is 1.11. The van der Waals surface area contributed by atoms with Gasteiger partial charge in [-0.2, -0.15) is 0 Å². The molecule has 3 rings (SSSR count). The van der Waals surface area contributed by atoms with E-state index in [2.05, 4.69) is 6.92 Å². The van der Waals surface area contributed by atoms with Crippen molar-refractivity contribution in [2.45, 2.75) is 69.9 Å². The van der Waals surface area contributed by atoms with Crippen LogP contribution in [0.3, 0.4) is 0 Å². The van der Waals surface area contributed by atoms with Gasteiger partial charge < -0.3 is 9.47 Å². The third-order valence-electron chi connectivity index (χ3n) is 4.65. The molecule has 0 radical (unpaired) electrons. The standard InChI is InChI=1S/C17H23ClO2/c1-2-3-6-11-17-15(9-10-16(17)20-17)19-12-13-7-4-5-8-14(13)18/h4-5,7-8,15-16H,2-3,6,9-12H2,1H3/t15-,16-,17-/m0/s1. The van der Waals surface area contributed by atoms with E-state index in [4.69, 9.17) is 21.1 Å². The molecule has 2 aliphatic rings. The number of halogens is 1. The Bertz CT molecular complexity index is 462. The zero-order valence-corrected chi connectivity index (χ0v) is 12.9. The van der Waals surface area contributed by atoms with E-state index in [1.165, 1.54) is 19.3 Å². The highest BCUT2D eigenvalue weighted by Gasteiger charge is 2.65. The average Bonchev–Trinajstić information content (AvgIpc) is 3.06. The Morgan fingerprint density at radius 2 is 2.15 bits per heavy atom. The minimum absolute atomic E-state index is 0.0381. The molecule has 1 aromatic carbocycles. The summed E-state index contributed by atoms with van der Waals surface area (Å²) in [7, 11) is 0. The molecule has 110 valence electrons. The molecular weight excluding hydrogens is 272 g/mol. The van der Waals surface area contributed by atoms with E-state index in [0.29, 0.717) is 12.7 Å². The number of fused-ring (bicyclic) bond motifs is 1. The van der Waals surface area contributed by atoms with Gasteiger partial charge in [-0.15, -0.1) is 0 Å². The second-order valence-electron chi connectivity index (χ2n) is 5.99. The fourth-order valence-corrected chi connectivity index (χ4v) is 3.62. The Labute approximate surface area is 126 Å². The van der Waals surface area contributed by atoms with E-state index in [0.717, 1.165) is 29.8 Å². The lowest BCUT2D eigenvalue weighted by atomic mass is 9.97. The molecule has 0 aromatic heterocycles. The second kappa shape index (κ2) is 6.05. The molecule has 0 amide bonds. The first-order valence-electron chi connectivity index (χ1n) is 7.79. The number of epoxide rings is 1. The molecule has 0 spiro atoms. The van der Waals surface area contributed by atoms with Crippen LogP contribution >= 0.6 is 11.6 Å². The van der Waals surface area contributed by atoms with E-state index >= 15 is 0 Å². The summed E-state index contributed by atoms with van der Waals surface area (Å²) in [6.45, 7) is 2.83. The lowest BCUT2D eigenvalue weighted by Gasteiger charge is -2.21. The minimum atomic E-state index is 0.0381. The Balaban J connectivity index is 1.56. The first-order valence-corrected chi connectivity index (χ1v) is 8.17. The number of ether oxygens (including phenoxy) is 2. The SMILES string of the molecule is CCCCC[C@@]12O[C@H]1CC[C@@H]2OCc1ccccc1Cl. The van der Waals surface area contributed by atoms with Gasteiger partial charge in [-0.1, -0.05) is 56.0 Å². The molecule has 1 saturated heterocycles. The number of hydrogen-bond donors (Lipinski definition) is 0. The second-order valence-corrected chi connectivity index (χ2v) is 6.39. The van der Waals surface area contributed by atoms with Crippen molar-refractivity contribution < 1.29 is 9.47 Å². The lowest BCUT2D eigenvalue weighted by Crippen LogP contribution is -2.30. The van der Waals surface area contributed by atoms with Crippen LogP contribution in [0, 0.1) is 0 Å². The highest BCUT2D eigenvalue weighted by molar-refractivity contribution is 6.31. The Morgan fingerprint density at radius 3 is 2.90 bits per heavy atom. The van der Waals surface area contributed by atoms with Crippen molar-refractivity contribution >= 4 is 11.6 Å². The van der Waals surface area contributed by atoms with E-state index in [9.17, 15) is 0 Å². The molecule has 3 atom stereocenters. The summed E-state index contributed by atoms with van der Waals surface area (Å²) in [5.74, 6) is 0. The highest BCUT2D eigenvalue weighted by Crippen LogP contribution is 2.54. The largest absolute Gasteiger partial charge is 0.370 e. The van der Waals surface area contributed by atoms with Crippen molar-refractivity contribution in [2.24, 2.45) is 0 Å². The Morgan fingerprint density at radius 1 is 1.30 bits per heavy atom. The smallest absolute Gasteiger partial charge is 0.121 e. The molecule has 2 fully saturated rings. The monoisotopic (exact) mass is 294 g/mol. The maximum Gasteiger partial charge on any atom is 0.121 e. The van der Waals surface area contributed by atoms with E-state index in [-0.39, 0.29) is 11.7 Å². The third-order valence-corrected chi connectivity index (χ3v) is 5.02. The van der Waals surface area contributed by atoms with Gasteiger partial charge in [0.15, 0.2) is 0 Å². The van der Waals surface area contributed by atoms with Crippen molar-refractivity contribution in [1.82, 2.24) is 0 Å². The van der Waals surface area contributed by atoms with Crippen LogP contribution in [0.1, 0.15) is 51.0 Å². The van der Waals surface area contributed by atoms with Gasteiger partial charge >= 0.3 is 0 Å². The van der Waals surface area contributed by atoms with E-state index in [1.807, 2.05) is 24.3 Å². The third kappa shape index (κ3) is 2.74. The molecule has 1 heterocycles. The van der Waals surface area contributed by atoms with Gasteiger partial charge in [0.05, 0.1) is 18.8 Å². The van der Waals surface area contributed by atoms with Crippen molar-refractivity contribution in [1.29, 1.82) is 0 Å². The number of hydrogen-bond acceptors (Lipinski definition) is 2. The molecule has 20 heavy (non-hydrogen) atoms. The van der Waals surface area contributed by atoms with Crippen molar-refractivity contribution in [3.05, 3.63) is 34.9 Å². The van der Waals surface area contributed by atoms with Gasteiger partial charge in [0.1, 0.15) is 5.60 Å². The molecule has 2 nitrogen and oxygen atoms in total. The molecule has 0 bridgehead atoms. The van der Waals surface area contributed by atoms with Crippen molar-refractivity contribution in [2.75, 3.05) is 0 Å². The fraction of sp³-hybridized carbons (Fsp3) is 0.647. The molecule has 1 aliphatic carbocycles. The highest BCUT2D eigenvalue weighted by atomic mass is 35.5. The maximum absolute atomic E-state index is 6.18. The van der Waals surface area contributed by atoms with Gasteiger partial charge in [-0.25, -0.2) is 0 Å². The van der Waals surface area contributed by atoms with Crippen LogP contribution in [0.25, 0.3) is 0 Å². The Hall–Kier alpha value is -0.570. The maximum atomic E-state index is 6.18. The molecule has 3 heteroatoms. The van der Waals surface area contributed by atoms with Crippen LogP contribution in [0.5, 0.6) is 0 Å². The van der Waals surface area contributed by atoms with Crippen LogP contribution in [-0.4, -0.2) is 17.8 Å². The van der Waals surface area contributed by atoms with Crippen LogP contribution in [-0.2, 0) is 16.1 Å². The van der Waals surface area contributed by atoms with Crippen LogP contribution in [0.2, 0.25) is 5.02 Å². The molecular formula is C17H23ClO2. The summed E-state index contributed by atoms with van der Waals surface area (Å²) in [6, 6.07) is 7.91. The average molecular weight is 295 g/mol. The van der Waals surface area contributed by atoms with Crippen LogP contribution in [0.4, 0.5) is 0 Å². The predicted octanol–water partition coefficient (Wildman–Crippen LogP) is 4.74. The normalized spacial score (nSPS) is 31.3. The van der Waals surface area contributed by atoms with Crippen LogP contribution in [0.15, 0.2) is 24.3 Å². The van der Waals surface area contributed by atoms with Crippen LogP contribution < -0.4 is 0 Å². The fourth-order valence-electron chi connectivity index (χ4n) is 3.43. The Kier molecular flexibility index (Phi) is 4.34. The first-order chi connectivity index (χ1) is 9.76. The summed E-state index contributed by atoms with van der Waals surface area (Å²) in [6.07, 6.45) is 7.93. The lowest BCUT2D eigenvalue weighted by molar-refractivity contribution is -0.0213. The van der Waals surface area contributed by atoms with Crippen molar-refractivity contribution in [3.63, 3.8) is 0 Å². The minimum Gasteiger partial charge on any atom is -0.370 e. The predicted molar refractivity (Wildman–Crippen MR) is 81.0 cm³/mol. The molecule has 1 aliphatic heterocycles. The summed E-state index contributed by atoms with van der Waals surface area (Å²) in [5, 5.41) is 0.791. The topological polar surface area (TPSA) is 21.8 Å². The summed E-state index contributed by atoms with van der Waals surface area (Å²) in [4.78, 5) is 0. The van der Waals surface area contributed by atoms with E-state index < -0.39 is 0 Å². The molecule has 1 aromatic rings. The zero-order valence-electron chi connectivity index (χ0n) is 12.1. The summed E-state index contributed by atoms with van der Waals surface area (Å²) < 4.78 is 12.1. The van der Waals surface area contributed by atoms with Crippen molar-refractivity contribution in [3.8, 4) is 0 Å². The first kappa shape index (κ1) is 14.4. The summed E-state index contributed by atoms with van der Waals surface area (Å²) >= 11 is 6.18. The van der Waals surface area contributed by atoms with E-state index in [1.54, 1.807) is 0 Å².